The molecule has 0 aliphatic heterocycles. The number of halogens is 1. The summed E-state index contributed by atoms with van der Waals surface area (Å²) < 4.78 is 38.9. The van der Waals surface area contributed by atoms with E-state index in [9.17, 15) is 12.8 Å². The van der Waals surface area contributed by atoms with Gasteiger partial charge in [0.05, 0.1) is 6.26 Å². The summed E-state index contributed by atoms with van der Waals surface area (Å²) in [7, 11) is -3.50. The van der Waals surface area contributed by atoms with Crippen LogP contribution in [0.15, 0.2) is 0 Å². The molecule has 0 bridgehead atoms. The van der Waals surface area contributed by atoms with Crippen LogP contribution in [0.1, 0.15) is 25.7 Å². The molecule has 0 saturated heterocycles. The van der Waals surface area contributed by atoms with Crippen molar-refractivity contribution in [3.8, 4) is 0 Å². The van der Waals surface area contributed by atoms with Crippen molar-refractivity contribution in [3.63, 3.8) is 0 Å². The van der Waals surface area contributed by atoms with Crippen LogP contribution in [-0.2, 0) is 14.3 Å². The maximum Gasteiger partial charge on any atom is 0.264 e. The molecular weight excluding hydrogens is 183 g/mol. The largest absolute Gasteiger partial charge is 0.264 e. The Hall–Kier alpha value is -0.160. The van der Waals surface area contributed by atoms with E-state index in [1.165, 1.54) is 0 Å². The Morgan fingerprint density at radius 2 is 1.92 bits per heavy atom. The Kier molecular flexibility index (Phi) is 3.06. The minimum Gasteiger partial charge on any atom is -0.264 e. The minimum atomic E-state index is -3.50. The van der Waals surface area contributed by atoms with E-state index in [1.54, 1.807) is 0 Å². The van der Waals surface area contributed by atoms with E-state index in [4.69, 9.17) is 0 Å². The zero-order chi connectivity index (χ0) is 9.19. The van der Waals surface area contributed by atoms with E-state index >= 15 is 0 Å². The fraction of sp³-hybridized carbons (Fsp3) is 1.00. The van der Waals surface area contributed by atoms with Gasteiger partial charge >= 0.3 is 0 Å². The molecule has 5 heteroatoms. The van der Waals surface area contributed by atoms with Crippen molar-refractivity contribution in [1.82, 2.24) is 0 Å². The van der Waals surface area contributed by atoms with Crippen LogP contribution in [0.2, 0.25) is 0 Å². The molecule has 0 aromatic rings. The zero-order valence-corrected chi connectivity index (χ0v) is 7.81. The first kappa shape index (κ1) is 9.92. The topological polar surface area (TPSA) is 43.4 Å². The van der Waals surface area contributed by atoms with Gasteiger partial charge in [-0.2, -0.15) is 8.42 Å². The maximum atomic E-state index is 13.0. The molecule has 0 heterocycles. The second-order valence-electron chi connectivity index (χ2n) is 3.14. The SMILES string of the molecule is CS(=O)(=O)O[C@@H]1CCCC[C@@H]1F. The van der Waals surface area contributed by atoms with Crippen molar-refractivity contribution >= 4 is 10.1 Å². The fourth-order valence-electron chi connectivity index (χ4n) is 1.38. The molecule has 0 aromatic carbocycles. The standard InChI is InChI=1S/C7H13FO3S/c1-12(9,10)11-7-5-3-2-4-6(7)8/h6-7H,2-5H2,1H3/t6-,7+/m0/s1. The highest BCUT2D eigenvalue weighted by Crippen LogP contribution is 2.24. The van der Waals surface area contributed by atoms with Crippen LogP contribution >= 0.6 is 0 Å². The highest BCUT2D eigenvalue weighted by molar-refractivity contribution is 7.86. The molecule has 1 fully saturated rings. The van der Waals surface area contributed by atoms with Crippen LogP contribution in [0.4, 0.5) is 4.39 Å². The lowest BCUT2D eigenvalue weighted by Crippen LogP contribution is -2.30. The van der Waals surface area contributed by atoms with E-state index in [2.05, 4.69) is 4.18 Å². The Balaban J connectivity index is 2.50. The van der Waals surface area contributed by atoms with E-state index in [-0.39, 0.29) is 0 Å². The molecule has 0 aromatic heterocycles. The number of hydrogen-bond acceptors (Lipinski definition) is 3. The van der Waals surface area contributed by atoms with Crippen molar-refractivity contribution in [1.29, 1.82) is 0 Å². The highest BCUT2D eigenvalue weighted by atomic mass is 32.2. The fourth-order valence-corrected chi connectivity index (χ4v) is 2.05. The van der Waals surface area contributed by atoms with Gasteiger partial charge in [-0.05, 0) is 12.8 Å². The smallest absolute Gasteiger partial charge is 0.264 e. The third-order valence-electron chi connectivity index (χ3n) is 1.92. The highest BCUT2D eigenvalue weighted by Gasteiger charge is 2.28. The van der Waals surface area contributed by atoms with Crippen LogP contribution in [0.25, 0.3) is 0 Å². The van der Waals surface area contributed by atoms with E-state index < -0.39 is 22.4 Å². The molecule has 72 valence electrons. The number of hydrogen-bond donors (Lipinski definition) is 0. The molecule has 0 spiro atoms. The van der Waals surface area contributed by atoms with Gasteiger partial charge in [-0.1, -0.05) is 12.8 Å². The molecule has 1 aliphatic rings. The summed E-state index contributed by atoms with van der Waals surface area (Å²) in [5.74, 6) is 0. The van der Waals surface area contributed by atoms with Crippen molar-refractivity contribution in [3.05, 3.63) is 0 Å². The molecule has 0 radical (unpaired) electrons. The zero-order valence-electron chi connectivity index (χ0n) is 6.99. The van der Waals surface area contributed by atoms with Crippen LogP contribution in [0.5, 0.6) is 0 Å². The van der Waals surface area contributed by atoms with Gasteiger partial charge in [-0.25, -0.2) is 4.39 Å². The van der Waals surface area contributed by atoms with Gasteiger partial charge in [-0.15, -0.1) is 0 Å². The Bertz CT molecular complexity index is 237. The Morgan fingerprint density at radius 3 is 2.42 bits per heavy atom. The van der Waals surface area contributed by atoms with E-state index in [1.807, 2.05) is 0 Å². The molecule has 0 unspecified atom stereocenters. The summed E-state index contributed by atoms with van der Waals surface area (Å²) in [6.07, 6.45) is 1.69. The van der Waals surface area contributed by atoms with Gasteiger partial charge in [0.1, 0.15) is 12.3 Å². The second kappa shape index (κ2) is 3.70. The molecule has 1 saturated carbocycles. The van der Waals surface area contributed by atoms with E-state index in [0.29, 0.717) is 12.8 Å². The molecule has 1 aliphatic carbocycles. The summed E-state index contributed by atoms with van der Waals surface area (Å²) >= 11 is 0. The van der Waals surface area contributed by atoms with Gasteiger partial charge < -0.3 is 0 Å². The lowest BCUT2D eigenvalue weighted by atomic mass is 9.96. The summed E-state index contributed by atoms with van der Waals surface area (Å²) in [5, 5.41) is 0. The normalized spacial score (nSPS) is 31.8. The van der Waals surface area contributed by atoms with Gasteiger partial charge in [0.15, 0.2) is 0 Å². The van der Waals surface area contributed by atoms with E-state index in [0.717, 1.165) is 19.1 Å². The van der Waals surface area contributed by atoms with Gasteiger partial charge in [0.25, 0.3) is 10.1 Å². The summed E-state index contributed by atoms with van der Waals surface area (Å²) in [5.41, 5.74) is 0. The predicted octanol–water partition coefficient (Wildman–Crippen LogP) is 1.24. The third kappa shape index (κ3) is 3.06. The number of alkyl halides is 1. The lowest BCUT2D eigenvalue weighted by Gasteiger charge is -2.24. The monoisotopic (exact) mass is 196 g/mol. The molecule has 12 heavy (non-hydrogen) atoms. The van der Waals surface area contributed by atoms with Crippen molar-refractivity contribution in [2.24, 2.45) is 0 Å². The van der Waals surface area contributed by atoms with Gasteiger partial charge in [-0.3, -0.25) is 4.18 Å². The predicted molar refractivity (Wildman–Crippen MR) is 43.1 cm³/mol. The number of rotatable bonds is 2. The quantitative estimate of drug-likeness (QED) is 0.624. The van der Waals surface area contributed by atoms with Crippen LogP contribution in [-0.4, -0.2) is 26.9 Å². The van der Waals surface area contributed by atoms with Gasteiger partial charge in [0.2, 0.25) is 0 Å². The van der Waals surface area contributed by atoms with Crippen molar-refractivity contribution in [2.45, 2.75) is 38.0 Å². The first-order chi connectivity index (χ1) is 5.49. The third-order valence-corrected chi connectivity index (χ3v) is 2.52. The first-order valence-electron chi connectivity index (χ1n) is 4.01. The molecule has 0 amide bonds. The van der Waals surface area contributed by atoms with Crippen molar-refractivity contribution < 1.29 is 17.0 Å². The lowest BCUT2D eigenvalue weighted by molar-refractivity contribution is 0.0697. The van der Waals surface area contributed by atoms with Crippen molar-refractivity contribution in [2.75, 3.05) is 6.26 Å². The molecular formula is C7H13FO3S. The Labute approximate surface area is 72.0 Å². The Morgan fingerprint density at radius 1 is 1.33 bits per heavy atom. The summed E-state index contributed by atoms with van der Waals surface area (Å²) in [6, 6.07) is 0. The summed E-state index contributed by atoms with van der Waals surface area (Å²) in [4.78, 5) is 0. The second-order valence-corrected chi connectivity index (χ2v) is 4.74. The molecule has 2 atom stereocenters. The average molecular weight is 196 g/mol. The molecule has 3 nitrogen and oxygen atoms in total. The minimum absolute atomic E-state index is 0.417. The summed E-state index contributed by atoms with van der Waals surface area (Å²) in [6.45, 7) is 0. The average Bonchev–Trinajstić information content (AvgIpc) is 1.91. The van der Waals surface area contributed by atoms with Crippen LogP contribution < -0.4 is 0 Å². The van der Waals surface area contributed by atoms with Gasteiger partial charge in [0, 0.05) is 0 Å². The first-order valence-corrected chi connectivity index (χ1v) is 5.83. The van der Waals surface area contributed by atoms with Crippen LogP contribution in [0.3, 0.4) is 0 Å². The van der Waals surface area contributed by atoms with Crippen LogP contribution in [0, 0.1) is 0 Å². The maximum absolute atomic E-state index is 13.0. The molecule has 0 N–H and O–H groups in total. The molecule has 1 rings (SSSR count).